The van der Waals surface area contributed by atoms with Gasteiger partial charge in [0.05, 0.1) is 13.7 Å². The van der Waals surface area contributed by atoms with Crippen LogP contribution in [0.3, 0.4) is 0 Å². The molecular formula is C15H23NO4. The summed E-state index contributed by atoms with van der Waals surface area (Å²) in [6.07, 6.45) is -0.433. The number of nitrogens with one attached hydrogen (secondary N) is 1. The van der Waals surface area contributed by atoms with Gasteiger partial charge in [-0.15, -0.1) is 0 Å². The summed E-state index contributed by atoms with van der Waals surface area (Å²) in [5, 5.41) is 2.71. The summed E-state index contributed by atoms with van der Waals surface area (Å²) >= 11 is 0. The Labute approximate surface area is 120 Å². The lowest BCUT2D eigenvalue weighted by Gasteiger charge is -2.19. The number of hydrogen-bond acceptors (Lipinski definition) is 4. The standard InChI is InChI=1S/C15H23NO4/c1-15(2,3)20-14(17)16-9-11-6-7-12(10-18-4)13(8-11)19-5/h6-8H,9-10H2,1-5H3,(H,16,17). The van der Waals surface area contributed by atoms with Crippen LogP contribution in [-0.2, 0) is 22.6 Å². The molecule has 1 N–H and O–H groups in total. The van der Waals surface area contributed by atoms with Gasteiger partial charge >= 0.3 is 6.09 Å². The normalized spacial score (nSPS) is 11.1. The van der Waals surface area contributed by atoms with Gasteiger partial charge in [-0.25, -0.2) is 4.79 Å². The first-order chi connectivity index (χ1) is 9.35. The molecule has 0 saturated carbocycles. The zero-order valence-corrected chi connectivity index (χ0v) is 12.8. The van der Waals surface area contributed by atoms with Crippen LogP contribution in [0, 0.1) is 0 Å². The minimum Gasteiger partial charge on any atom is -0.496 e. The van der Waals surface area contributed by atoms with Crippen molar-refractivity contribution in [3.05, 3.63) is 29.3 Å². The number of methoxy groups -OCH3 is 2. The summed E-state index contributed by atoms with van der Waals surface area (Å²) < 4.78 is 15.6. The van der Waals surface area contributed by atoms with Crippen LogP contribution in [0.5, 0.6) is 5.75 Å². The van der Waals surface area contributed by atoms with E-state index >= 15 is 0 Å². The molecule has 0 atom stereocenters. The van der Waals surface area contributed by atoms with Crippen LogP contribution >= 0.6 is 0 Å². The van der Waals surface area contributed by atoms with Gasteiger partial charge in [0.25, 0.3) is 0 Å². The molecule has 0 bridgehead atoms. The highest BCUT2D eigenvalue weighted by atomic mass is 16.6. The fraction of sp³-hybridized carbons (Fsp3) is 0.533. The van der Waals surface area contributed by atoms with Gasteiger partial charge in [0.2, 0.25) is 0 Å². The average Bonchev–Trinajstić information content (AvgIpc) is 2.36. The minimum absolute atomic E-state index is 0.387. The van der Waals surface area contributed by atoms with E-state index in [0.717, 1.165) is 16.9 Å². The maximum Gasteiger partial charge on any atom is 0.407 e. The zero-order valence-electron chi connectivity index (χ0n) is 12.8. The van der Waals surface area contributed by atoms with Crippen molar-refractivity contribution in [1.82, 2.24) is 5.32 Å². The predicted molar refractivity (Wildman–Crippen MR) is 76.8 cm³/mol. The molecule has 1 rings (SSSR count). The number of hydrogen-bond donors (Lipinski definition) is 1. The first-order valence-electron chi connectivity index (χ1n) is 6.47. The van der Waals surface area contributed by atoms with Crippen LogP contribution in [0.4, 0.5) is 4.79 Å². The Bertz CT molecular complexity index is 452. The van der Waals surface area contributed by atoms with Crippen molar-refractivity contribution in [2.75, 3.05) is 14.2 Å². The Hall–Kier alpha value is -1.75. The molecule has 0 spiro atoms. The molecule has 0 saturated heterocycles. The van der Waals surface area contributed by atoms with Crippen molar-refractivity contribution >= 4 is 6.09 Å². The van der Waals surface area contributed by atoms with Gasteiger partial charge in [0.15, 0.2) is 0 Å². The van der Waals surface area contributed by atoms with Crippen LogP contribution < -0.4 is 10.1 Å². The third kappa shape index (κ3) is 5.48. The first-order valence-corrected chi connectivity index (χ1v) is 6.47. The van der Waals surface area contributed by atoms with Crippen LogP contribution in [0.25, 0.3) is 0 Å². The fourth-order valence-corrected chi connectivity index (χ4v) is 1.66. The van der Waals surface area contributed by atoms with E-state index in [2.05, 4.69) is 5.32 Å². The second-order valence-corrected chi connectivity index (χ2v) is 5.43. The zero-order chi connectivity index (χ0) is 15.2. The third-order valence-corrected chi connectivity index (χ3v) is 2.49. The lowest BCUT2D eigenvalue weighted by molar-refractivity contribution is 0.0523. The van der Waals surface area contributed by atoms with E-state index in [1.165, 1.54) is 0 Å². The summed E-state index contributed by atoms with van der Waals surface area (Å²) in [6.45, 7) is 6.36. The number of benzene rings is 1. The van der Waals surface area contributed by atoms with E-state index in [4.69, 9.17) is 14.2 Å². The molecule has 0 fully saturated rings. The van der Waals surface area contributed by atoms with Gasteiger partial charge < -0.3 is 19.5 Å². The van der Waals surface area contributed by atoms with E-state index in [1.807, 2.05) is 39.0 Å². The topological polar surface area (TPSA) is 56.8 Å². The fourth-order valence-electron chi connectivity index (χ4n) is 1.66. The maximum absolute atomic E-state index is 11.6. The Balaban J connectivity index is 2.62. The Morgan fingerprint density at radius 1 is 1.25 bits per heavy atom. The lowest BCUT2D eigenvalue weighted by Crippen LogP contribution is -2.32. The highest BCUT2D eigenvalue weighted by Crippen LogP contribution is 2.21. The predicted octanol–water partition coefficient (Wildman–Crippen LogP) is 2.87. The summed E-state index contributed by atoms with van der Waals surface area (Å²) in [7, 11) is 3.25. The second kappa shape index (κ2) is 7.14. The van der Waals surface area contributed by atoms with Crippen LogP contribution in [0.15, 0.2) is 18.2 Å². The van der Waals surface area contributed by atoms with Crippen molar-refractivity contribution in [1.29, 1.82) is 0 Å². The highest BCUT2D eigenvalue weighted by Gasteiger charge is 2.15. The molecule has 5 nitrogen and oxygen atoms in total. The summed E-state index contributed by atoms with van der Waals surface area (Å²) in [6, 6.07) is 5.73. The second-order valence-electron chi connectivity index (χ2n) is 5.43. The maximum atomic E-state index is 11.6. The molecule has 0 aromatic heterocycles. The summed E-state index contributed by atoms with van der Waals surface area (Å²) in [5.74, 6) is 0.746. The van der Waals surface area contributed by atoms with Gasteiger partial charge in [-0.05, 0) is 32.4 Å². The third-order valence-electron chi connectivity index (χ3n) is 2.49. The first kappa shape index (κ1) is 16.3. The summed E-state index contributed by atoms with van der Waals surface area (Å²) in [5.41, 5.74) is 1.41. The molecule has 1 aromatic rings. The van der Waals surface area contributed by atoms with E-state index < -0.39 is 11.7 Å². The molecule has 0 unspecified atom stereocenters. The number of ether oxygens (including phenoxy) is 3. The lowest BCUT2D eigenvalue weighted by atomic mass is 10.1. The molecule has 0 aliphatic carbocycles. The minimum atomic E-state index is -0.496. The Kier molecular flexibility index (Phi) is 5.82. The van der Waals surface area contributed by atoms with E-state index in [0.29, 0.717) is 13.2 Å². The molecule has 0 heterocycles. The Morgan fingerprint density at radius 3 is 2.50 bits per heavy atom. The molecule has 1 aromatic carbocycles. The molecule has 0 radical (unpaired) electrons. The van der Waals surface area contributed by atoms with Crippen molar-refractivity contribution in [2.24, 2.45) is 0 Å². The van der Waals surface area contributed by atoms with Gasteiger partial charge in [-0.1, -0.05) is 12.1 Å². The largest absolute Gasteiger partial charge is 0.496 e. The van der Waals surface area contributed by atoms with Crippen molar-refractivity contribution < 1.29 is 19.0 Å². The van der Waals surface area contributed by atoms with E-state index in [-0.39, 0.29) is 0 Å². The molecular weight excluding hydrogens is 258 g/mol. The van der Waals surface area contributed by atoms with Crippen LogP contribution in [0.1, 0.15) is 31.9 Å². The monoisotopic (exact) mass is 281 g/mol. The van der Waals surface area contributed by atoms with E-state index in [9.17, 15) is 4.79 Å². The molecule has 1 amide bonds. The average molecular weight is 281 g/mol. The van der Waals surface area contributed by atoms with Gasteiger partial charge in [-0.3, -0.25) is 0 Å². The van der Waals surface area contributed by atoms with Gasteiger partial charge in [0.1, 0.15) is 11.4 Å². The van der Waals surface area contributed by atoms with Gasteiger partial charge in [0, 0.05) is 19.2 Å². The number of rotatable bonds is 5. The number of alkyl carbamates (subject to hydrolysis) is 1. The number of carbonyl (C=O) groups excluding carboxylic acids is 1. The molecule has 0 aliphatic rings. The quantitative estimate of drug-likeness (QED) is 0.901. The SMILES string of the molecule is COCc1ccc(CNC(=O)OC(C)(C)C)cc1OC. The number of carbonyl (C=O) groups is 1. The van der Waals surface area contributed by atoms with Crippen molar-refractivity contribution in [2.45, 2.75) is 39.5 Å². The molecule has 5 heteroatoms. The smallest absolute Gasteiger partial charge is 0.407 e. The number of amides is 1. The van der Waals surface area contributed by atoms with Crippen molar-refractivity contribution in [3.63, 3.8) is 0 Å². The van der Waals surface area contributed by atoms with Crippen molar-refractivity contribution in [3.8, 4) is 5.75 Å². The van der Waals surface area contributed by atoms with Crippen LogP contribution in [-0.4, -0.2) is 25.9 Å². The highest BCUT2D eigenvalue weighted by molar-refractivity contribution is 5.67. The van der Waals surface area contributed by atoms with Crippen LogP contribution in [0.2, 0.25) is 0 Å². The van der Waals surface area contributed by atoms with E-state index in [1.54, 1.807) is 14.2 Å². The molecule has 20 heavy (non-hydrogen) atoms. The molecule has 112 valence electrons. The Morgan fingerprint density at radius 2 is 1.95 bits per heavy atom. The van der Waals surface area contributed by atoms with Gasteiger partial charge in [-0.2, -0.15) is 0 Å². The summed E-state index contributed by atoms with van der Waals surface area (Å²) in [4.78, 5) is 11.6. The molecule has 0 aliphatic heterocycles.